The molecule has 0 aliphatic carbocycles. The van der Waals surface area contributed by atoms with Gasteiger partial charge in [0.2, 0.25) is 5.91 Å². The zero-order valence-electron chi connectivity index (χ0n) is 17.4. The molecule has 1 N–H and O–H groups in total. The fraction of sp³-hybridized carbons (Fsp3) is 0.348. The summed E-state index contributed by atoms with van der Waals surface area (Å²) in [5.41, 5.74) is 3.37. The van der Waals surface area contributed by atoms with E-state index in [2.05, 4.69) is 12.2 Å². The largest absolute Gasteiger partial charge is 0.353 e. The fourth-order valence-electron chi connectivity index (χ4n) is 3.33. The molecule has 29 heavy (non-hydrogen) atoms. The number of aromatic nitrogens is 2. The van der Waals surface area contributed by atoms with Crippen LogP contribution in [0.25, 0.3) is 16.6 Å². The van der Waals surface area contributed by atoms with E-state index in [1.54, 1.807) is 10.6 Å². The molecule has 2 aromatic carbocycles. The Hall–Kier alpha value is -2.60. The smallest absolute Gasteiger partial charge is 0.266 e. The summed E-state index contributed by atoms with van der Waals surface area (Å²) in [6, 6.07) is 13.5. The summed E-state index contributed by atoms with van der Waals surface area (Å²) in [5, 5.41) is 4.10. The van der Waals surface area contributed by atoms with Crippen LogP contribution in [0.15, 0.2) is 52.4 Å². The number of rotatable bonds is 7. The van der Waals surface area contributed by atoms with E-state index in [1.165, 1.54) is 11.8 Å². The Morgan fingerprint density at radius 3 is 2.72 bits per heavy atom. The van der Waals surface area contributed by atoms with Gasteiger partial charge in [-0.15, -0.1) is 0 Å². The highest BCUT2D eigenvalue weighted by Gasteiger charge is 2.16. The number of thioether (sulfide) groups is 1. The Bertz CT molecular complexity index is 1090. The maximum absolute atomic E-state index is 13.3. The number of hydrogen-bond acceptors (Lipinski definition) is 4. The van der Waals surface area contributed by atoms with Gasteiger partial charge in [0.25, 0.3) is 5.56 Å². The third-order valence-electron chi connectivity index (χ3n) is 4.81. The second-order valence-electron chi connectivity index (χ2n) is 7.39. The van der Waals surface area contributed by atoms with Gasteiger partial charge in [-0.25, -0.2) is 4.98 Å². The molecule has 0 aliphatic heterocycles. The van der Waals surface area contributed by atoms with Crippen LogP contribution in [0, 0.1) is 13.8 Å². The number of benzene rings is 2. The standard InChI is InChI=1S/C23H27N3O2S/c1-5-8-17(4)24-21(27)14-29-23-25-19-10-7-6-9-18(19)22(28)26(23)20-13-15(2)11-12-16(20)3/h6-7,9-13,17H,5,8,14H2,1-4H3,(H,24,27)/t17-/m0/s1. The maximum Gasteiger partial charge on any atom is 0.266 e. The van der Waals surface area contributed by atoms with Gasteiger partial charge in [-0.3, -0.25) is 14.2 Å². The number of carbonyl (C=O) groups is 1. The van der Waals surface area contributed by atoms with Crippen molar-refractivity contribution in [3.63, 3.8) is 0 Å². The molecule has 0 saturated heterocycles. The molecule has 1 aromatic heterocycles. The molecular weight excluding hydrogens is 382 g/mol. The van der Waals surface area contributed by atoms with Crippen LogP contribution in [0.4, 0.5) is 0 Å². The summed E-state index contributed by atoms with van der Waals surface area (Å²) >= 11 is 1.29. The summed E-state index contributed by atoms with van der Waals surface area (Å²) < 4.78 is 1.64. The number of amides is 1. The lowest BCUT2D eigenvalue weighted by Crippen LogP contribution is -2.34. The minimum Gasteiger partial charge on any atom is -0.353 e. The topological polar surface area (TPSA) is 64.0 Å². The summed E-state index contributed by atoms with van der Waals surface area (Å²) in [6.45, 7) is 8.08. The first-order valence-corrected chi connectivity index (χ1v) is 10.9. The maximum atomic E-state index is 13.3. The van der Waals surface area contributed by atoms with Crippen molar-refractivity contribution in [1.29, 1.82) is 0 Å². The van der Waals surface area contributed by atoms with Gasteiger partial charge in [-0.1, -0.05) is 49.4 Å². The Morgan fingerprint density at radius 2 is 1.97 bits per heavy atom. The molecule has 3 aromatic rings. The molecule has 1 heterocycles. The third-order valence-corrected chi connectivity index (χ3v) is 5.75. The van der Waals surface area contributed by atoms with Crippen LogP contribution >= 0.6 is 11.8 Å². The molecule has 1 atom stereocenters. The Balaban J connectivity index is 2.02. The van der Waals surface area contributed by atoms with Gasteiger partial charge in [0.05, 0.1) is 22.3 Å². The molecular formula is C23H27N3O2S. The Morgan fingerprint density at radius 1 is 1.21 bits per heavy atom. The first-order chi connectivity index (χ1) is 13.9. The fourth-order valence-corrected chi connectivity index (χ4v) is 4.15. The zero-order chi connectivity index (χ0) is 21.0. The molecule has 1 amide bonds. The SMILES string of the molecule is CCC[C@H](C)NC(=O)CSc1nc2ccccc2c(=O)n1-c1cc(C)ccc1C. The van der Waals surface area contributed by atoms with E-state index in [0.717, 1.165) is 29.7 Å². The van der Waals surface area contributed by atoms with Crippen molar-refractivity contribution in [2.45, 2.75) is 51.7 Å². The van der Waals surface area contributed by atoms with Crippen molar-refractivity contribution < 1.29 is 4.79 Å². The van der Waals surface area contributed by atoms with Gasteiger partial charge in [0.15, 0.2) is 5.16 Å². The third kappa shape index (κ3) is 4.88. The Kier molecular flexibility index (Phi) is 6.75. The molecule has 152 valence electrons. The molecule has 0 fully saturated rings. The van der Waals surface area contributed by atoms with Crippen molar-refractivity contribution in [3.8, 4) is 5.69 Å². The number of carbonyl (C=O) groups excluding carboxylic acids is 1. The molecule has 0 radical (unpaired) electrons. The van der Waals surface area contributed by atoms with Crippen molar-refractivity contribution in [3.05, 3.63) is 63.9 Å². The van der Waals surface area contributed by atoms with Crippen molar-refractivity contribution in [1.82, 2.24) is 14.9 Å². The van der Waals surface area contributed by atoms with Crippen molar-refractivity contribution >= 4 is 28.6 Å². The highest BCUT2D eigenvalue weighted by atomic mass is 32.2. The van der Waals surface area contributed by atoms with Crippen LogP contribution in [0.5, 0.6) is 0 Å². The van der Waals surface area contributed by atoms with E-state index < -0.39 is 0 Å². The second-order valence-corrected chi connectivity index (χ2v) is 8.33. The van der Waals surface area contributed by atoms with Crippen molar-refractivity contribution in [2.24, 2.45) is 0 Å². The van der Waals surface area contributed by atoms with Gasteiger partial charge in [0, 0.05) is 6.04 Å². The number of fused-ring (bicyclic) bond motifs is 1. The van der Waals surface area contributed by atoms with Gasteiger partial charge in [0.1, 0.15) is 0 Å². The first-order valence-electron chi connectivity index (χ1n) is 9.92. The van der Waals surface area contributed by atoms with Gasteiger partial charge < -0.3 is 5.32 Å². The molecule has 3 rings (SSSR count). The Labute approximate surface area is 175 Å². The number of nitrogens with one attached hydrogen (secondary N) is 1. The highest BCUT2D eigenvalue weighted by molar-refractivity contribution is 7.99. The molecule has 6 heteroatoms. The van der Waals surface area contributed by atoms with Crippen LogP contribution in [0.2, 0.25) is 0 Å². The van der Waals surface area contributed by atoms with Crippen molar-refractivity contribution in [2.75, 3.05) is 5.75 Å². The molecule has 0 aliphatic rings. The lowest BCUT2D eigenvalue weighted by molar-refractivity contribution is -0.119. The lowest BCUT2D eigenvalue weighted by atomic mass is 10.1. The van der Waals surface area contributed by atoms with Gasteiger partial charge >= 0.3 is 0 Å². The van der Waals surface area contributed by atoms with Crippen LogP contribution in [0.1, 0.15) is 37.8 Å². The average Bonchev–Trinajstić information content (AvgIpc) is 2.69. The lowest BCUT2D eigenvalue weighted by Gasteiger charge is -2.16. The number of hydrogen-bond donors (Lipinski definition) is 1. The zero-order valence-corrected chi connectivity index (χ0v) is 18.2. The van der Waals surface area contributed by atoms with E-state index in [1.807, 2.05) is 57.2 Å². The predicted octanol–water partition coefficient (Wildman–Crippen LogP) is 4.40. The van der Waals surface area contributed by atoms with E-state index in [9.17, 15) is 9.59 Å². The summed E-state index contributed by atoms with van der Waals surface area (Å²) in [5.74, 6) is 0.162. The second kappa shape index (κ2) is 9.27. The average molecular weight is 410 g/mol. The van der Waals surface area contributed by atoms with Crippen LogP contribution < -0.4 is 10.9 Å². The quantitative estimate of drug-likeness (QED) is 0.464. The van der Waals surface area contributed by atoms with E-state index in [0.29, 0.717) is 16.1 Å². The number of para-hydroxylation sites is 1. The van der Waals surface area contributed by atoms with Crippen LogP contribution in [-0.2, 0) is 4.79 Å². The number of aryl methyl sites for hydroxylation is 2. The normalized spacial score (nSPS) is 12.1. The predicted molar refractivity (Wildman–Crippen MR) is 120 cm³/mol. The minimum atomic E-state index is -0.119. The van der Waals surface area contributed by atoms with E-state index in [4.69, 9.17) is 4.98 Å². The summed E-state index contributed by atoms with van der Waals surface area (Å²) in [7, 11) is 0. The molecule has 0 bridgehead atoms. The highest BCUT2D eigenvalue weighted by Crippen LogP contribution is 2.24. The molecule has 0 saturated carbocycles. The summed E-state index contributed by atoms with van der Waals surface area (Å²) in [6.07, 6.45) is 1.96. The number of nitrogens with zero attached hydrogens (tertiary/aromatic N) is 2. The van der Waals surface area contributed by atoms with Crippen LogP contribution in [-0.4, -0.2) is 27.3 Å². The monoisotopic (exact) mass is 409 g/mol. The minimum absolute atomic E-state index is 0.0501. The molecule has 0 unspecified atom stereocenters. The van der Waals surface area contributed by atoms with Gasteiger partial charge in [-0.2, -0.15) is 0 Å². The van der Waals surface area contributed by atoms with E-state index >= 15 is 0 Å². The van der Waals surface area contributed by atoms with E-state index in [-0.39, 0.29) is 23.3 Å². The van der Waals surface area contributed by atoms with Crippen LogP contribution in [0.3, 0.4) is 0 Å². The van der Waals surface area contributed by atoms with Gasteiger partial charge in [-0.05, 0) is 56.5 Å². The first kappa shape index (κ1) is 21.1. The molecule has 0 spiro atoms. The summed E-state index contributed by atoms with van der Waals surface area (Å²) in [4.78, 5) is 30.4. The molecule has 5 nitrogen and oxygen atoms in total.